The molecule has 2 fully saturated rings. The van der Waals surface area contributed by atoms with Crippen LogP contribution in [0.5, 0.6) is 5.75 Å². The van der Waals surface area contributed by atoms with Gasteiger partial charge in [-0.15, -0.1) is 0 Å². The fourth-order valence-electron chi connectivity index (χ4n) is 3.53. The predicted molar refractivity (Wildman–Crippen MR) is 77.5 cm³/mol. The molecule has 0 radical (unpaired) electrons. The molecule has 2 atom stereocenters. The Morgan fingerprint density at radius 1 is 1.16 bits per heavy atom. The van der Waals surface area contributed by atoms with Crippen molar-refractivity contribution < 1.29 is 4.74 Å². The first-order valence-electron chi connectivity index (χ1n) is 7.46. The minimum atomic E-state index is 0.688. The van der Waals surface area contributed by atoms with Crippen LogP contribution in [0.15, 0.2) is 30.3 Å². The van der Waals surface area contributed by atoms with E-state index in [0.717, 1.165) is 31.0 Å². The molecule has 0 amide bonds. The molecule has 1 aromatic rings. The number of rotatable bonds is 5. The van der Waals surface area contributed by atoms with Crippen LogP contribution in [0.3, 0.4) is 0 Å². The molecule has 0 aromatic heterocycles. The van der Waals surface area contributed by atoms with Crippen molar-refractivity contribution in [3.63, 3.8) is 0 Å². The number of piperidine rings is 1. The standard InChI is InChI=1S/C16H24N2O/c1-18-14-7-8-15(18)12-13(11-14)17-9-10-19-16-5-3-2-4-6-16/h2-6,13-15,17H,7-12H2,1H3. The SMILES string of the molecule is CN1C2CCC1CC(NCCOc1ccccc1)C2. The third-order valence-corrected chi connectivity index (χ3v) is 4.65. The predicted octanol–water partition coefficient (Wildman–Crippen LogP) is 2.28. The molecule has 1 aromatic carbocycles. The molecule has 3 rings (SSSR count). The molecule has 2 aliphatic heterocycles. The Balaban J connectivity index is 1.37. The lowest BCUT2D eigenvalue weighted by Crippen LogP contribution is -2.47. The fraction of sp³-hybridized carbons (Fsp3) is 0.625. The zero-order valence-electron chi connectivity index (χ0n) is 11.7. The number of nitrogens with one attached hydrogen (secondary N) is 1. The summed E-state index contributed by atoms with van der Waals surface area (Å²) in [7, 11) is 2.29. The van der Waals surface area contributed by atoms with Gasteiger partial charge in [0.1, 0.15) is 12.4 Å². The lowest BCUT2D eigenvalue weighted by molar-refractivity contribution is 0.146. The summed E-state index contributed by atoms with van der Waals surface area (Å²) in [6, 6.07) is 12.4. The number of para-hydroxylation sites is 1. The summed E-state index contributed by atoms with van der Waals surface area (Å²) in [6.07, 6.45) is 5.39. The Bertz CT molecular complexity index is 381. The van der Waals surface area contributed by atoms with Gasteiger partial charge in [-0.1, -0.05) is 18.2 Å². The zero-order valence-corrected chi connectivity index (χ0v) is 11.7. The van der Waals surface area contributed by atoms with Gasteiger partial charge in [-0.3, -0.25) is 0 Å². The quantitative estimate of drug-likeness (QED) is 0.822. The summed E-state index contributed by atoms with van der Waals surface area (Å²) >= 11 is 0. The highest BCUT2D eigenvalue weighted by atomic mass is 16.5. The van der Waals surface area contributed by atoms with Crippen LogP contribution in [0, 0.1) is 0 Å². The number of ether oxygens (including phenoxy) is 1. The van der Waals surface area contributed by atoms with Crippen LogP contribution < -0.4 is 10.1 Å². The highest BCUT2D eigenvalue weighted by Crippen LogP contribution is 2.33. The highest BCUT2D eigenvalue weighted by Gasteiger charge is 2.37. The molecule has 1 N–H and O–H groups in total. The molecule has 2 unspecified atom stereocenters. The van der Waals surface area contributed by atoms with E-state index >= 15 is 0 Å². The lowest BCUT2D eigenvalue weighted by Gasteiger charge is -2.36. The van der Waals surface area contributed by atoms with E-state index in [9.17, 15) is 0 Å². The van der Waals surface area contributed by atoms with Gasteiger partial charge in [-0.05, 0) is 44.9 Å². The normalized spacial score (nSPS) is 30.5. The first-order chi connectivity index (χ1) is 9.33. The third kappa shape index (κ3) is 3.10. The van der Waals surface area contributed by atoms with E-state index in [2.05, 4.69) is 17.3 Å². The van der Waals surface area contributed by atoms with Crippen LogP contribution in [0.2, 0.25) is 0 Å². The summed E-state index contributed by atoms with van der Waals surface area (Å²) < 4.78 is 5.71. The largest absolute Gasteiger partial charge is 0.492 e. The number of fused-ring (bicyclic) bond motifs is 2. The topological polar surface area (TPSA) is 24.5 Å². The summed E-state index contributed by atoms with van der Waals surface area (Å²) in [5.41, 5.74) is 0. The second kappa shape index (κ2) is 5.93. The van der Waals surface area contributed by atoms with Gasteiger partial charge in [0.2, 0.25) is 0 Å². The van der Waals surface area contributed by atoms with Gasteiger partial charge in [0.25, 0.3) is 0 Å². The molecule has 19 heavy (non-hydrogen) atoms. The lowest BCUT2D eigenvalue weighted by atomic mass is 9.98. The third-order valence-electron chi connectivity index (χ3n) is 4.65. The number of benzene rings is 1. The number of hydrogen-bond acceptors (Lipinski definition) is 3. The van der Waals surface area contributed by atoms with Crippen LogP contribution >= 0.6 is 0 Å². The summed E-state index contributed by atoms with van der Waals surface area (Å²) in [5.74, 6) is 0.966. The van der Waals surface area contributed by atoms with Crippen LogP contribution in [-0.4, -0.2) is 43.2 Å². The maximum absolute atomic E-state index is 5.71. The molecule has 2 aliphatic rings. The smallest absolute Gasteiger partial charge is 0.119 e. The van der Waals surface area contributed by atoms with E-state index < -0.39 is 0 Å². The van der Waals surface area contributed by atoms with Gasteiger partial charge in [-0.2, -0.15) is 0 Å². The second-order valence-electron chi connectivity index (χ2n) is 5.83. The highest BCUT2D eigenvalue weighted by molar-refractivity contribution is 5.20. The molecule has 104 valence electrons. The zero-order chi connectivity index (χ0) is 13.1. The molecule has 2 bridgehead atoms. The Labute approximate surface area is 115 Å². The van der Waals surface area contributed by atoms with E-state index in [1.165, 1.54) is 25.7 Å². The summed E-state index contributed by atoms with van der Waals surface area (Å²) in [6.45, 7) is 1.70. The Kier molecular flexibility index (Phi) is 4.04. The molecule has 3 nitrogen and oxygen atoms in total. The summed E-state index contributed by atoms with van der Waals surface area (Å²) in [5, 5.41) is 3.66. The van der Waals surface area contributed by atoms with Gasteiger partial charge in [0, 0.05) is 24.7 Å². The average molecular weight is 260 g/mol. The Morgan fingerprint density at radius 3 is 2.53 bits per heavy atom. The van der Waals surface area contributed by atoms with E-state index in [1.54, 1.807) is 0 Å². The van der Waals surface area contributed by atoms with Gasteiger partial charge in [0.15, 0.2) is 0 Å². The molecule has 0 spiro atoms. The van der Waals surface area contributed by atoms with E-state index in [4.69, 9.17) is 4.74 Å². The van der Waals surface area contributed by atoms with E-state index in [0.29, 0.717) is 6.04 Å². The molecule has 3 heteroatoms. The van der Waals surface area contributed by atoms with Crippen molar-refractivity contribution in [2.24, 2.45) is 0 Å². The van der Waals surface area contributed by atoms with Crippen LogP contribution in [0.1, 0.15) is 25.7 Å². The molecule has 0 aliphatic carbocycles. The molecule has 2 heterocycles. The van der Waals surface area contributed by atoms with Crippen molar-refractivity contribution in [3.05, 3.63) is 30.3 Å². The molecular formula is C16H24N2O. The monoisotopic (exact) mass is 260 g/mol. The van der Waals surface area contributed by atoms with Crippen molar-refractivity contribution in [2.45, 2.75) is 43.8 Å². The fourth-order valence-corrected chi connectivity index (χ4v) is 3.53. The maximum Gasteiger partial charge on any atom is 0.119 e. The first kappa shape index (κ1) is 12.9. The average Bonchev–Trinajstić information content (AvgIpc) is 2.67. The van der Waals surface area contributed by atoms with E-state index in [-0.39, 0.29) is 0 Å². The van der Waals surface area contributed by atoms with Crippen molar-refractivity contribution in [1.82, 2.24) is 10.2 Å². The second-order valence-corrected chi connectivity index (χ2v) is 5.83. The van der Waals surface area contributed by atoms with Crippen LogP contribution in [0.4, 0.5) is 0 Å². The summed E-state index contributed by atoms with van der Waals surface area (Å²) in [4.78, 5) is 2.58. The van der Waals surface area contributed by atoms with Gasteiger partial charge in [0.05, 0.1) is 0 Å². The number of nitrogens with zero attached hydrogens (tertiary/aromatic N) is 1. The van der Waals surface area contributed by atoms with Gasteiger partial charge in [-0.25, -0.2) is 0 Å². The minimum Gasteiger partial charge on any atom is -0.492 e. The van der Waals surface area contributed by atoms with Crippen molar-refractivity contribution in [1.29, 1.82) is 0 Å². The van der Waals surface area contributed by atoms with Crippen LogP contribution in [-0.2, 0) is 0 Å². The van der Waals surface area contributed by atoms with Crippen molar-refractivity contribution in [3.8, 4) is 5.75 Å². The van der Waals surface area contributed by atoms with Crippen LogP contribution in [0.25, 0.3) is 0 Å². The molecule has 2 saturated heterocycles. The van der Waals surface area contributed by atoms with Gasteiger partial charge < -0.3 is 15.0 Å². The molecule has 0 saturated carbocycles. The Hall–Kier alpha value is -1.06. The Morgan fingerprint density at radius 2 is 1.84 bits per heavy atom. The maximum atomic E-state index is 5.71. The van der Waals surface area contributed by atoms with Crippen molar-refractivity contribution in [2.75, 3.05) is 20.2 Å². The minimum absolute atomic E-state index is 0.688. The molecular weight excluding hydrogens is 236 g/mol. The van der Waals surface area contributed by atoms with Crippen molar-refractivity contribution >= 4 is 0 Å². The van der Waals surface area contributed by atoms with E-state index in [1.807, 2.05) is 30.3 Å². The number of hydrogen-bond donors (Lipinski definition) is 1. The first-order valence-corrected chi connectivity index (χ1v) is 7.46. The van der Waals surface area contributed by atoms with Gasteiger partial charge >= 0.3 is 0 Å².